The molecule has 15 heavy (non-hydrogen) atoms. The molecule has 1 N–H and O–H groups in total. The van der Waals surface area contributed by atoms with Gasteiger partial charge < -0.3 is 10.1 Å². The number of ether oxygens (including phenoxy) is 1. The maximum atomic E-state index is 5.17. The molecule has 1 saturated heterocycles. The Morgan fingerprint density at radius 2 is 2.20 bits per heavy atom. The first-order valence-electron chi connectivity index (χ1n) is 6.11. The van der Waals surface area contributed by atoms with E-state index < -0.39 is 0 Å². The van der Waals surface area contributed by atoms with Crippen molar-refractivity contribution in [1.29, 1.82) is 0 Å². The number of methoxy groups -OCH3 is 1. The molecule has 90 valence electrons. The third-order valence-corrected chi connectivity index (χ3v) is 3.41. The zero-order chi connectivity index (χ0) is 11.3. The topological polar surface area (TPSA) is 24.5 Å². The Bertz CT molecular complexity index is 173. The Labute approximate surface area is 94.2 Å². The molecule has 0 aromatic heterocycles. The number of hydrogen-bond acceptors (Lipinski definition) is 3. The molecule has 0 spiro atoms. The van der Waals surface area contributed by atoms with Gasteiger partial charge in [-0.05, 0) is 25.8 Å². The molecule has 0 saturated carbocycles. The summed E-state index contributed by atoms with van der Waals surface area (Å²) in [6.45, 7) is 11.1. The van der Waals surface area contributed by atoms with Crippen molar-refractivity contribution in [3.8, 4) is 0 Å². The molecule has 0 aliphatic carbocycles. The van der Waals surface area contributed by atoms with Gasteiger partial charge >= 0.3 is 0 Å². The van der Waals surface area contributed by atoms with Gasteiger partial charge in [-0.15, -0.1) is 0 Å². The van der Waals surface area contributed by atoms with Crippen molar-refractivity contribution < 1.29 is 4.74 Å². The lowest BCUT2D eigenvalue weighted by molar-refractivity contribution is 0.119. The number of nitrogens with zero attached hydrogens (tertiary/aromatic N) is 1. The predicted molar refractivity (Wildman–Crippen MR) is 64.2 cm³/mol. The van der Waals surface area contributed by atoms with E-state index in [1.807, 2.05) is 0 Å². The SMILES string of the molecule is COCCN1CC(C(C)C)NCCC1C. The molecular weight excluding hydrogens is 188 g/mol. The fourth-order valence-electron chi connectivity index (χ4n) is 2.12. The van der Waals surface area contributed by atoms with E-state index in [0.29, 0.717) is 18.0 Å². The maximum Gasteiger partial charge on any atom is 0.0589 e. The van der Waals surface area contributed by atoms with Crippen LogP contribution < -0.4 is 5.32 Å². The Balaban J connectivity index is 2.48. The summed E-state index contributed by atoms with van der Waals surface area (Å²) in [5.41, 5.74) is 0. The highest BCUT2D eigenvalue weighted by molar-refractivity contribution is 4.82. The zero-order valence-electron chi connectivity index (χ0n) is 10.6. The second-order valence-corrected chi connectivity index (χ2v) is 4.93. The Hall–Kier alpha value is -0.120. The lowest BCUT2D eigenvalue weighted by atomic mass is 10.0. The largest absolute Gasteiger partial charge is 0.383 e. The van der Waals surface area contributed by atoms with Crippen LogP contribution in [0.4, 0.5) is 0 Å². The normalized spacial score (nSPS) is 29.4. The number of nitrogens with one attached hydrogen (secondary N) is 1. The van der Waals surface area contributed by atoms with Gasteiger partial charge in [0.2, 0.25) is 0 Å². The first kappa shape index (κ1) is 12.9. The van der Waals surface area contributed by atoms with Gasteiger partial charge in [0, 0.05) is 32.3 Å². The first-order valence-corrected chi connectivity index (χ1v) is 6.11. The third kappa shape index (κ3) is 4.09. The molecule has 1 aliphatic rings. The maximum absolute atomic E-state index is 5.17. The zero-order valence-corrected chi connectivity index (χ0v) is 10.6. The van der Waals surface area contributed by atoms with Gasteiger partial charge in [0.05, 0.1) is 6.61 Å². The van der Waals surface area contributed by atoms with Crippen LogP contribution in [0.25, 0.3) is 0 Å². The van der Waals surface area contributed by atoms with Crippen molar-refractivity contribution in [2.75, 3.05) is 33.4 Å². The molecule has 2 unspecified atom stereocenters. The highest BCUT2D eigenvalue weighted by Crippen LogP contribution is 2.13. The van der Waals surface area contributed by atoms with Crippen molar-refractivity contribution in [1.82, 2.24) is 10.2 Å². The number of rotatable bonds is 4. The van der Waals surface area contributed by atoms with Gasteiger partial charge in [-0.25, -0.2) is 0 Å². The van der Waals surface area contributed by atoms with Crippen molar-refractivity contribution in [3.05, 3.63) is 0 Å². The van der Waals surface area contributed by atoms with Crippen molar-refractivity contribution in [2.24, 2.45) is 5.92 Å². The first-order chi connectivity index (χ1) is 7.15. The van der Waals surface area contributed by atoms with Crippen LogP contribution in [0, 0.1) is 5.92 Å². The molecule has 1 heterocycles. The molecule has 3 heteroatoms. The van der Waals surface area contributed by atoms with Gasteiger partial charge in [0.1, 0.15) is 0 Å². The highest BCUT2D eigenvalue weighted by Gasteiger charge is 2.23. The van der Waals surface area contributed by atoms with Crippen molar-refractivity contribution in [3.63, 3.8) is 0 Å². The van der Waals surface area contributed by atoms with Gasteiger partial charge in [-0.2, -0.15) is 0 Å². The Morgan fingerprint density at radius 1 is 1.47 bits per heavy atom. The standard InChI is InChI=1S/C12H26N2O/c1-10(2)12-9-14(7-8-15-4)11(3)5-6-13-12/h10-13H,5-9H2,1-4H3. The second kappa shape index (κ2) is 6.46. The van der Waals surface area contributed by atoms with Crippen LogP contribution in [0.1, 0.15) is 27.2 Å². The second-order valence-electron chi connectivity index (χ2n) is 4.93. The van der Waals surface area contributed by atoms with Crippen LogP contribution in [0.15, 0.2) is 0 Å². The van der Waals surface area contributed by atoms with Crippen LogP contribution in [-0.2, 0) is 4.74 Å². The van der Waals surface area contributed by atoms with Gasteiger partial charge in [-0.3, -0.25) is 4.90 Å². The van der Waals surface area contributed by atoms with E-state index in [0.717, 1.165) is 26.2 Å². The molecule has 2 atom stereocenters. The molecule has 1 fully saturated rings. The fraction of sp³-hybridized carbons (Fsp3) is 1.00. The lowest BCUT2D eigenvalue weighted by Gasteiger charge is -2.30. The van der Waals surface area contributed by atoms with E-state index in [4.69, 9.17) is 4.74 Å². The molecule has 0 aromatic carbocycles. The van der Waals surface area contributed by atoms with Crippen LogP contribution in [0.2, 0.25) is 0 Å². The summed E-state index contributed by atoms with van der Waals surface area (Å²) in [6.07, 6.45) is 1.24. The third-order valence-electron chi connectivity index (χ3n) is 3.41. The van der Waals surface area contributed by atoms with Crippen LogP contribution >= 0.6 is 0 Å². The number of hydrogen-bond donors (Lipinski definition) is 1. The van der Waals surface area contributed by atoms with Crippen LogP contribution in [-0.4, -0.2) is 50.3 Å². The molecule has 0 amide bonds. The molecule has 0 aromatic rings. The summed E-state index contributed by atoms with van der Waals surface area (Å²) < 4.78 is 5.17. The lowest BCUT2D eigenvalue weighted by Crippen LogP contribution is -2.44. The van der Waals surface area contributed by atoms with Crippen LogP contribution in [0.5, 0.6) is 0 Å². The Kier molecular flexibility index (Phi) is 5.58. The fourth-order valence-corrected chi connectivity index (χ4v) is 2.12. The van der Waals surface area contributed by atoms with Crippen LogP contribution in [0.3, 0.4) is 0 Å². The van der Waals surface area contributed by atoms with Gasteiger partial charge in [0.25, 0.3) is 0 Å². The van der Waals surface area contributed by atoms with E-state index in [2.05, 4.69) is 31.0 Å². The highest BCUT2D eigenvalue weighted by atomic mass is 16.5. The minimum absolute atomic E-state index is 0.631. The predicted octanol–water partition coefficient (Wildman–Crippen LogP) is 1.34. The molecule has 1 aliphatic heterocycles. The summed E-state index contributed by atoms with van der Waals surface area (Å²) >= 11 is 0. The molecule has 3 nitrogen and oxygen atoms in total. The molecular formula is C12H26N2O. The summed E-state index contributed by atoms with van der Waals surface area (Å²) in [7, 11) is 1.78. The average molecular weight is 214 g/mol. The van der Waals surface area contributed by atoms with Gasteiger partial charge in [-0.1, -0.05) is 13.8 Å². The van der Waals surface area contributed by atoms with E-state index in [9.17, 15) is 0 Å². The van der Waals surface area contributed by atoms with E-state index in [1.54, 1.807) is 7.11 Å². The molecule has 0 radical (unpaired) electrons. The summed E-state index contributed by atoms with van der Waals surface area (Å²) in [5, 5.41) is 3.64. The molecule has 0 bridgehead atoms. The minimum Gasteiger partial charge on any atom is -0.383 e. The van der Waals surface area contributed by atoms with Gasteiger partial charge in [0.15, 0.2) is 0 Å². The summed E-state index contributed by atoms with van der Waals surface area (Å²) in [6, 6.07) is 1.31. The minimum atomic E-state index is 0.631. The van der Waals surface area contributed by atoms with E-state index >= 15 is 0 Å². The molecule has 1 rings (SSSR count). The van der Waals surface area contributed by atoms with Crippen molar-refractivity contribution in [2.45, 2.75) is 39.3 Å². The van der Waals surface area contributed by atoms with Crippen molar-refractivity contribution >= 4 is 0 Å². The van der Waals surface area contributed by atoms with E-state index in [1.165, 1.54) is 6.42 Å². The quantitative estimate of drug-likeness (QED) is 0.764. The summed E-state index contributed by atoms with van der Waals surface area (Å²) in [5.74, 6) is 0.709. The van der Waals surface area contributed by atoms with E-state index in [-0.39, 0.29) is 0 Å². The monoisotopic (exact) mass is 214 g/mol. The smallest absolute Gasteiger partial charge is 0.0589 e. The average Bonchev–Trinajstić information content (AvgIpc) is 2.37. The Morgan fingerprint density at radius 3 is 2.80 bits per heavy atom. The summed E-state index contributed by atoms with van der Waals surface area (Å²) in [4.78, 5) is 2.55.